The molecule has 2 aromatic rings. The van der Waals surface area contributed by atoms with Crippen LogP contribution in [0.5, 0.6) is 0 Å². The van der Waals surface area contributed by atoms with E-state index in [2.05, 4.69) is 0 Å². The Kier molecular flexibility index (Phi) is 4.65. The summed E-state index contributed by atoms with van der Waals surface area (Å²) in [5, 5.41) is 19.3. The lowest BCUT2D eigenvalue weighted by Crippen LogP contribution is -2.38. The lowest BCUT2D eigenvalue weighted by Gasteiger charge is -2.31. The molecule has 21 heavy (non-hydrogen) atoms. The summed E-state index contributed by atoms with van der Waals surface area (Å²) < 4.78 is 41.0. The van der Waals surface area contributed by atoms with Gasteiger partial charge in [-0.1, -0.05) is 18.2 Å². The molecular formula is C16H15F3O2. The van der Waals surface area contributed by atoms with E-state index in [0.717, 1.165) is 18.2 Å². The lowest BCUT2D eigenvalue weighted by atomic mass is 9.76. The molecule has 0 amide bonds. The standard InChI is InChI=1S/C16H15F3O2/c17-12-5-6-14(18)11(7-12)8-16(9-20,10-21)13-3-1-2-4-15(13)19/h1-7,20-21H,8-10H2. The van der Waals surface area contributed by atoms with Crippen molar-refractivity contribution in [3.8, 4) is 0 Å². The Hall–Kier alpha value is -1.85. The smallest absolute Gasteiger partial charge is 0.127 e. The molecule has 0 heterocycles. The van der Waals surface area contributed by atoms with Crippen LogP contribution in [0, 0.1) is 17.5 Å². The number of aliphatic hydroxyl groups is 2. The van der Waals surface area contributed by atoms with Gasteiger partial charge in [0, 0.05) is 5.41 Å². The molecule has 0 bridgehead atoms. The summed E-state index contributed by atoms with van der Waals surface area (Å²) in [6.07, 6.45) is -0.218. The number of hydrogen-bond donors (Lipinski definition) is 2. The first-order valence-electron chi connectivity index (χ1n) is 6.43. The third kappa shape index (κ3) is 3.09. The molecule has 0 unspecified atom stereocenters. The Morgan fingerprint density at radius 1 is 0.857 bits per heavy atom. The van der Waals surface area contributed by atoms with Gasteiger partial charge in [-0.2, -0.15) is 0 Å². The van der Waals surface area contributed by atoms with Crippen molar-refractivity contribution in [1.29, 1.82) is 0 Å². The highest BCUT2D eigenvalue weighted by molar-refractivity contribution is 5.32. The zero-order valence-electron chi connectivity index (χ0n) is 11.2. The van der Waals surface area contributed by atoms with E-state index in [9.17, 15) is 23.4 Å². The van der Waals surface area contributed by atoms with E-state index in [-0.39, 0.29) is 17.5 Å². The molecule has 0 fully saturated rings. The second kappa shape index (κ2) is 6.28. The van der Waals surface area contributed by atoms with E-state index < -0.39 is 36.1 Å². The number of hydrogen-bond acceptors (Lipinski definition) is 2. The van der Waals surface area contributed by atoms with Crippen molar-refractivity contribution in [3.05, 3.63) is 71.0 Å². The Morgan fingerprint density at radius 3 is 2.14 bits per heavy atom. The maximum absolute atomic E-state index is 14.0. The highest BCUT2D eigenvalue weighted by Gasteiger charge is 2.34. The molecule has 0 radical (unpaired) electrons. The molecule has 0 spiro atoms. The van der Waals surface area contributed by atoms with Crippen LogP contribution < -0.4 is 0 Å². The normalized spacial score (nSPS) is 11.7. The fraction of sp³-hybridized carbons (Fsp3) is 0.250. The van der Waals surface area contributed by atoms with E-state index >= 15 is 0 Å². The van der Waals surface area contributed by atoms with Crippen LogP contribution in [0.3, 0.4) is 0 Å². The summed E-state index contributed by atoms with van der Waals surface area (Å²) >= 11 is 0. The molecule has 2 aromatic carbocycles. The fourth-order valence-corrected chi connectivity index (χ4v) is 2.36. The monoisotopic (exact) mass is 296 g/mol. The summed E-state index contributed by atoms with van der Waals surface area (Å²) in [6, 6.07) is 8.56. The van der Waals surface area contributed by atoms with Gasteiger partial charge in [0.05, 0.1) is 13.2 Å². The van der Waals surface area contributed by atoms with Gasteiger partial charge in [0.2, 0.25) is 0 Å². The number of aliphatic hydroxyl groups excluding tert-OH is 2. The molecule has 2 nitrogen and oxygen atoms in total. The quantitative estimate of drug-likeness (QED) is 0.890. The molecule has 0 aliphatic heterocycles. The van der Waals surface area contributed by atoms with Gasteiger partial charge in [-0.15, -0.1) is 0 Å². The molecule has 112 valence electrons. The van der Waals surface area contributed by atoms with Crippen molar-refractivity contribution < 1.29 is 23.4 Å². The molecule has 0 aromatic heterocycles. The minimum Gasteiger partial charge on any atom is -0.395 e. The Morgan fingerprint density at radius 2 is 1.52 bits per heavy atom. The summed E-state index contributed by atoms with van der Waals surface area (Å²) in [6.45, 7) is -1.19. The van der Waals surface area contributed by atoms with Gasteiger partial charge in [-0.25, -0.2) is 13.2 Å². The first-order valence-corrected chi connectivity index (χ1v) is 6.43. The van der Waals surface area contributed by atoms with Crippen LogP contribution in [-0.2, 0) is 11.8 Å². The molecule has 0 aliphatic carbocycles. The van der Waals surface area contributed by atoms with Crippen LogP contribution in [-0.4, -0.2) is 23.4 Å². The minimum atomic E-state index is -1.42. The van der Waals surface area contributed by atoms with Crippen LogP contribution >= 0.6 is 0 Å². The molecular weight excluding hydrogens is 281 g/mol. The summed E-state index contributed by atoms with van der Waals surface area (Å²) in [4.78, 5) is 0. The molecule has 2 N–H and O–H groups in total. The number of rotatable bonds is 5. The Balaban J connectivity index is 2.48. The van der Waals surface area contributed by atoms with Crippen molar-refractivity contribution in [3.63, 3.8) is 0 Å². The summed E-state index contributed by atoms with van der Waals surface area (Å²) in [7, 11) is 0. The highest BCUT2D eigenvalue weighted by Crippen LogP contribution is 2.31. The average molecular weight is 296 g/mol. The first-order chi connectivity index (χ1) is 10.0. The van der Waals surface area contributed by atoms with Crippen molar-refractivity contribution in [2.75, 3.05) is 13.2 Å². The number of benzene rings is 2. The van der Waals surface area contributed by atoms with Gasteiger partial charge >= 0.3 is 0 Å². The van der Waals surface area contributed by atoms with Gasteiger partial charge in [-0.05, 0) is 41.8 Å². The maximum atomic E-state index is 14.0. The predicted molar refractivity (Wildman–Crippen MR) is 72.3 cm³/mol. The third-order valence-corrected chi connectivity index (χ3v) is 3.59. The predicted octanol–water partition coefficient (Wildman–Crippen LogP) is 2.57. The van der Waals surface area contributed by atoms with Gasteiger partial charge < -0.3 is 10.2 Å². The second-order valence-corrected chi connectivity index (χ2v) is 4.99. The summed E-state index contributed by atoms with van der Waals surface area (Å²) in [5.41, 5.74) is -1.38. The van der Waals surface area contributed by atoms with Gasteiger partial charge in [0.15, 0.2) is 0 Å². The molecule has 0 atom stereocenters. The molecule has 0 saturated carbocycles. The third-order valence-electron chi connectivity index (χ3n) is 3.59. The van der Waals surface area contributed by atoms with Gasteiger partial charge in [-0.3, -0.25) is 0 Å². The molecule has 0 aliphatic rings. The fourth-order valence-electron chi connectivity index (χ4n) is 2.36. The lowest BCUT2D eigenvalue weighted by molar-refractivity contribution is 0.112. The van der Waals surface area contributed by atoms with Crippen molar-refractivity contribution in [2.24, 2.45) is 0 Å². The van der Waals surface area contributed by atoms with Crippen molar-refractivity contribution in [2.45, 2.75) is 11.8 Å². The Bertz CT molecular complexity index is 625. The minimum absolute atomic E-state index is 0.0265. The van der Waals surface area contributed by atoms with Crippen molar-refractivity contribution >= 4 is 0 Å². The maximum Gasteiger partial charge on any atom is 0.127 e. The van der Waals surface area contributed by atoms with Crippen LogP contribution in [0.2, 0.25) is 0 Å². The number of halogens is 3. The van der Waals surface area contributed by atoms with Gasteiger partial charge in [0.25, 0.3) is 0 Å². The van der Waals surface area contributed by atoms with Crippen molar-refractivity contribution in [1.82, 2.24) is 0 Å². The highest BCUT2D eigenvalue weighted by atomic mass is 19.1. The van der Waals surface area contributed by atoms with E-state index in [4.69, 9.17) is 0 Å². The average Bonchev–Trinajstić information content (AvgIpc) is 2.49. The topological polar surface area (TPSA) is 40.5 Å². The van der Waals surface area contributed by atoms with Gasteiger partial charge in [0.1, 0.15) is 17.5 Å². The second-order valence-electron chi connectivity index (χ2n) is 4.99. The van der Waals surface area contributed by atoms with E-state index in [0.29, 0.717) is 0 Å². The van der Waals surface area contributed by atoms with Crippen LogP contribution in [0.1, 0.15) is 11.1 Å². The van der Waals surface area contributed by atoms with Crippen LogP contribution in [0.15, 0.2) is 42.5 Å². The zero-order chi connectivity index (χ0) is 15.5. The van der Waals surface area contributed by atoms with Crippen LogP contribution in [0.25, 0.3) is 0 Å². The zero-order valence-corrected chi connectivity index (χ0v) is 11.2. The SMILES string of the molecule is OCC(CO)(Cc1cc(F)ccc1F)c1ccccc1F. The van der Waals surface area contributed by atoms with E-state index in [1.54, 1.807) is 6.07 Å². The first kappa shape index (κ1) is 15.5. The largest absolute Gasteiger partial charge is 0.395 e. The molecule has 0 saturated heterocycles. The summed E-state index contributed by atoms with van der Waals surface area (Å²) in [5.74, 6) is -1.92. The molecule has 2 rings (SSSR count). The van der Waals surface area contributed by atoms with E-state index in [1.807, 2.05) is 0 Å². The van der Waals surface area contributed by atoms with Crippen LogP contribution in [0.4, 0.5) is 13.2 Å². The molecule has 5 heteroatoms. The van der Waals surface area contributed by atoms with E-state index in [1.165, 1.54) is 18.2 Å². The Labute approximate surface area is 120 Å².